The van der Waals surface area contributed by atoms with Crippen LogP contribution in [0.5, 0.6) is 0 Å². The van der Waals surface area contributed by atoms with E-state index in [4.69, 9.17) is 5.11 Å². The average Bonchev–Trinajstić information content (AvgIpc) is 3.00. The molecule has 0 saturated carbocycles. The summed E-state index contributed by atoms with van der Waals surface area (Å²) in [5.74, 6) is 0.436. The minimum Gasteiger partial charge on any atom is -0.392 e. The van der Waals surface area contributed by atoms with E-state index in [1.54, 1.807) is 14.0 Å². The van der Waals surface area contributed by atoms with Crippen LogP contribution in [0, 0.1) is 17.0 Å². The fraction of sp³-hybridized carbons (Fsp3) is 0.538. The van der Waals surface area contributed by atoms with Crippen molar-refractivity contribution in [2.45, 2.75) is 26.4 Å². The number of aliphatic hydroxyl groups excluding tert-OH is 1. The Bertz CT molecular complexity index is 648. The molecule has 0 aromatic carbocycles. The van der Waals surface area contributed by atoms with Gasteiger partial charge in [0.25, 0.3) is 0 Å². The first-order valence-corrected chi connectivity index (χ1v) is 7.10. The lowest BCUT2D eigenvalue weighted by molar-refractivity contribution is -0.696. The summed E-state index contributed by atoms with van der Waals surface area (Å²) in [7, 11) is 1.69. The van der Waals surface area contributed by atoms with Crippen LogP contribution in [-0.2, 0) is 20.1 Å². The minimum atomic E-state index is -0.408. The molecule has 120 valence electrons. The molecular weight excluding hydrogens is 288 g/mol. The molecule has 9 heteroatoms. The van der Waals surface area contributed by atoms with Gasteiger partial charge in [0.05, 0.1) is 18.1 Å². The molecule has 9 nitrogen and oxygen atoms in total. The SMILES string of the molecule is Cc1nn(C)c(NCCC[n+]2ccn(CCO)c2)c1[N+](=O)[O-]. The molecule has 0 aliphatic heterocycles. The van der Waals surface area contributed by atoms with Gasteiger partial charge in [-0.3, -0.25) is 10.1 Å². The van der Waals surface area contributed by atoms with Gasteiger partial charge in [-0.2, -0.15) is 5.10 Å². The lowest BCUT2D eigenvalue weighted by Crippen LogP contribution is -2.32. The van der Waals surface area contributed by atoms with E-state index in [0.717, 1.165) is 13.0 Å². The summed E-state index contributed by atoms with van der Waals surface area (Å²) in [6.07, 6.45) is 6.58. The van der Waals surface area contributed by atoms with Crippen molar-refractivity contribution in [1.82, 2.24) is 14.3 Å². The molecule has 2 aromatic heterocycles. The van der Waals surface area contributed by atoms with E-state index in [9.17, 15) is 10.1 Å². The third-order valence-corrected chi connectivity index (χ3v) is 3.36. The molecule has 0 fully saturated rings. The maximum absolute atomic E-state index is 11.1. The Kier molecular flexibility index (Phi) is 5.10. The topological polar surface area (TPSA) is 102 Å². The second kappa shape index (κ2) is 7.03. The molecule has 0 bridgehead atoms. The molecular formula is C13H21N6O3+. The highest BCUT2D eigenvalue weighted by molar-refractivity contribution is 5.59. The van der Waals surface area contributed by atoms with Crippen molar-refractivity contribution in [2.24, 2.45) is 7.05 Å². The van der Waals surface area contributed by atoms with E-state index in [-0.39, 0.29) is 12.3 Å². The zero-order valence-corrected chi connectivity index (χ0v) is 12.8. The minimum absolute atomic E-state index is 0.0317. The van der Waals surface area contributed by atoms with Crippen LogP contribution >= 0.6 is 0 Å². The number of rotatable bonds is 8. The van der Waals surface area contributed by atoms with Crippen molar-refractivity contribution < 1.29 is 14.6 Å². The lowest BCUT2D eigenvalue weighted by Gasteiger charge is -2.05. The summed E-state index contributed by atoms with van der Waals surface area (Å²) in [6.45, 7) is 3.71. The van der Waals surface area contributed by atoms with Crippen LogP contribution in [-0.4, -0.2) is 37.5 Å². The molecule has 2 N–H and O–H groups in total. The van der Waals surface area contributed by atoms with Crippen molar-refractivity contribution in [3.8, 4) is 0 Å². The Balaban J connectivity index is 1.87. The van der Waals surface area contributed by atoms with Crippen molar-refractivity contribution >= 4 is 11.5 Å². The standard InChI is InChI=1S/C13H21N6O3/c1-11-12(19(21)22)13(16(2)15-11)14-4-3-5-17-6-7-18(10-17)8-9-20/h6-7,10,14,20H,3-5,8-9H2,1-2H3/q+1. The molecule has 0 radical (unpaired) electrons. The number of nitrogens with zero attached hydrogens (tertiary/aromatic N) is 5. The molecule has 0 aliphatic carbocycles. The van der Waals surface area contributed by atoms with Crippen LogP contribution in [0.4, 0.5) is 11.5 Å². The summed E-state index contributed by atoms with van der Waals surface area (Å²) >= 11 is 0. The van der Waals surface area contributed by atoms with E-state index in [0.29, 0.717) is 24.6 Å². The van der Waals surface area contributed by atoms with Crippen molar-refractivity contribution in [2.75, 3.05) is 18.5 Å². The Morgan fingerprint density at radius 3 is 3.00 bits per heavy atom. The maximum atomic E-state index is 11.1. The molecule has 0 spiro atoms. The number of imidazole rings is 1. The number of aryl methyl sites for hydroxylation is 3. The molecule has 2 rings (SSSR count). The van der Waals surface area contributed by atoms with E-state index in [1.165, 1.54) is 4.68 Å². The number of hydrogen-bond donors (Lipinski definition) is 2. The van der Waals surface area contributed by atoms with E-state index >= 15 is 0 Å². The predicted molar refractivity (Wildman–Crippen MR) is 79.4 cm³/mol. The quantitative estimate of drug-likeness (QED) is 0.314. The van der Waals surface area contributed by atoms with Gasteiger partial charge in [0.1, 0.15) is 24.6 Å². The normalized spacial score (nSPS) is 10.9. The monoisotopic (exact) mass is 309 g/mol. The van der Waals surface area contributed by atoms with Crippen LogP contribution in [0.2, 0.25) is 0 Å². The number of hydrogen-bond acceptors (Lipinski definition) is 5. The van der Waals surface area contributed by atoms with Gasteiger partial charge >= 0.3 is 5.69 Å². The van der Waals surface area contributed by atoms with Crippen LogP contribution in [0.15, 0.2) is 18.7 Å². The molecule has 0 aliphatic rings. The Morgan fingerprint density at radius 2 is 2.32 bits per heavy atom. The lowest BCUT2D eigenvalue weighted by atomic mass is 10.3. The van der Waals surface area contributed by atoms with Gasteiger partial charge in [0.15, 0.2) is 0 Å². The van der Waals surface area contributed by atoms with Gasteiger partial charge in [-0.15, -0.1) is 0 Å². The highest BCUT2D eigenvalue weighted by Crippen LogP contribution is 2.26. The smallest absolute Gasteiger partial charge is 0.333 e. The van der Waals surface area contributed by atoms with Gasteiger partial charge in [-0.1, -0.05) is 0 Å². The summed E-state index contributed by atoms with van der Waals surface area (Å²) in [5, 5.41) is 27.1. The predicted octanol–water partition coefficient (Wildman–Crippen LogP) is 0.220. The largest absolute Gasteiger partial charge is 0.392 e. The van der Waals surface area contributed by atoms with Gasteiger partial charge in [0.2, 0.25) is 12.1 Å². The molecule has 0 saturated heterocycles. The summed E-state index contributed by atoms with van der Waals surface area (Å²) in [4.78, 5) is 10.7. The van der Waals surface area contributed by atoms with Gasteiger partial charge < -0.3 is 10.4 Å². The first-order valence-electron chi connectivity index (χ1n) is 7.10. The van der Waals surface area contributed by atoms with Crippen molar-refractivity contribution in [1.29, 1.82) is 0 Å². The number of aliphatic hydroxyl groups is 1. The Hall–Kier alpha value is -2.42. The number of anilines is 1. The third-order valence-electron chi connectivity index (χ3n) is 3.36. The van der Waals surface area contributed by atoms with E-state index in [2.05, 4.69) is 10.4 Å². The van der Waals surface area contributed by atoms with Gasteiger partial charge in [-0.05, 0) is 6.92 Å². The zero-order valence-electron chi connectivity index (χ0n) is 12.8. The Morgan fingerprint density at radius 1 is 1.55 bits per heavy atom. The molecule has 0 amide bonds. The summed E-state index contributed by atoms with van der Waals surface area (Å²) in [6, 6.07) is 0. The fourth-order valence-corrected chi connectivity index (χ4v) is 2.35. The van der Waals surface area contributed by atoms with Gasteiger partial charge in [-0.25, -0.2) is 13.8 Å². The summed E-state index contributed by atoms with van der Waals surface area (Å²) in [5.41, 5.74) is 0.440. The fourth-order valence-electron chi connectivity index (χ4n) is 2.35. The zero-order chi connectivity index (χ0) is 16.1. The molecule has 2 aromatic rings. The second-order valence-corrected chi connectivity index (χ2v) is 5.06. The van der Waals surface area contributed by atoms with Crippen molar-refractivity contribution in [3.05, 3.63) is 34.5 Å². The molecule has 0 atom stereocenters. The highest BCUT2D eigenvalue weighted by Gasteiger charge is 2.23. The van der Waals surface area contributed by atoms with E-state index < -0.39 is 4.92 Å². The van der Waals surface area contributed by atoms with Crippen LogP contribution in [0.1, 0.15) is 12.1 Å². The second-order valence-electron chi connectivity index (χ2n) is 5.06. The number of nitrogens with one attached hydrogen (secondary N) is 1. The maximum Gasteiger partial charge on any atom is 0.333 e. The van der Waals surface area contributed by atoms with E-state index in [1.807, 2.05) is 27.9 Å². The first-order chi connectivity index (χ1) is 10.5. The van der Waals surface area contributed by atoms with Crippen molar-refractivity contribution in [3.63, 3.8) is 0 Å². The highest BCUT2D eigenvalue weighted by atomic mass is 16.6. The van der Waals surface area contributed by atoms with Crippen LogP contribution in [0.3, 0.4) is 0 Å². The summed E-state index contributed by atoms with van der Waals surface area (Å²) < 4.78 is 5.42. The number of nitro groups is 1. The molecule has 2 heterocycles. The first kappa shape index (κ1) is 16.0. The molecule has 22 heavy (non-hydrogen) atoms. The number of aromatic nitrogens is 4. The average molecular weight is 309 g/mol. The molecule has 0 unspecified atom stereocenters. The third kappa shape index (κ3) is 3.61. The van der Waals surface area contributed by atoms with Crippen LogP contribution in [0.25, 0.3) is 0 Å². The van der Waals surface area contributed by atoms with Gasteiger partial charge in [0, 0.05) is 20.0 Å². The Labute approximate surface area is 127 Å². The van der Waals surface area contributed by atoms with Crippen LogP contribution < -0.4 is 9.88 Å².